The second kappa shape index (κ2) is 5.41. The summed E-state index contributed by atoms with van der Waals surface area (Å²) in [5.41, 5.74) is 0. The molecule has 2 nitrogen and oxygen atoms in total. The lowest BCUT2D eigenvalue weighted by Gasteiger charge is -2.35. The normalized spacial score (nSPS) is 25.1. The van der Waals surface area contributed by atoms with Crippen molar-refractivity contribution in [3.05, 3.63) is 19.2 Å². The number of amides is 1. The summed E-state index contributed by atoms with van der Waals surface area (Å²) in [6, 6.07) is 1.90. The Labute approximate surface area is 123 Å². The lowest BCUT2D eigenvalue weighted by atomic mass is 9.88. The highest BCUT2D eigenvalue weighted by Gasteiger charge is 2.27. The van der Waals surface area contributed by atoms with Crippen molar-refractivity contribution in [2.24, 2.45) is 11.8 Å². The van der Waals surface area contributed by atoms with Gasteiger partial charge in [-0.25, -0.2) is 0 Å². The number of hydrogen-bond donors (Lipinski definition) is 0. The van der Waals surface area contributed by atoms with Crippen LogP contribution in [0.5, 0.6) is 0 Å². The molecule has 1 saturated heterocycles. The Morgan fingerprint density at radius 3 is 2.65 bits per heavy atom. The smallest absolute Gasteiger partial charge is 0.264 e. The summed E-state index contributed by atoms with van der Waals surface area (Å²) >= 11 is 8.35. The summed E-state index contributed by atoms with van der Waals surface area (Å²) in [5.74, 6) is 1.49. The lowest BCUT2D eigenvalue weighted by molar-refractivity contribution is 0.0632. The minimum Gasteiger partial charge on any atom is -0.338 e. The molecule has 0 aliphatic carbocycles. The molecular formula is C12H15Br2NOS. The molecule has 2 atom stereocenters. The maximum absolute atomic E-state index is 12.3. The highest BCUT2D eigenvalue weighted by Crippen LogP contribution is 2.34. The van der Waals surface area contributed by atoms with E-state index in [4.69, 9.17) is 0 Å². The topological polar surface area (TPSA) is 20.3 Å². The van der Waals surface area contributed by atoms with Gasteiger partial charge in [-0.1, -0.05) is 13.8 Å². The highest BCUT2D eigenvalue weighted by atomic mass is 79.9. The largest absolute Gasteiger partial charge is 0.338 e. The fourth-order valence-corrected chi connectivity index (χ4v) is 4.06. The van der Waals surface area contributed by atoms with Crippen molar-refractivity contribution < 1.29 is 4.79 Å². The number of thiophene rings is 1. The maximum Gasteiger partial charge on any atom is 0.264 e. The van der Waals surface area contributed by atoms with Crippen LogP contribution in [0.15, 0.2) is 14.3 Å². The van der Waals surface area contributed by atoms with Crippen LogP contribution in [-0.2, 0) is 0 Å². The Morgan fingerprint density at radius 2 is 2.12 bits per heavy atom. The molecule has 17 heavy (non-hydrogen) atoms. The van der Waals surface area contributed by atoms with Gasteiger partial charge in [0.15, 0.2) is 0 Å². The van der Waals surface area contributed by atoms with Crippen molar-refractivity contribution >= 4 is 49.1 Å². The van der Waals surface area contributed by atoms with Gasteiger partial charge in [-0.2, -0.15) is 0 Å². The molecule has 2 rings (SSSR count). The standard InChI is InChI=1S/C12H15Br2NOS/c1-7-3-4-15(6-8(7)2)12(16)10-5-9(13)11(14)17-10/h5,7-8H,3-4,6H2,1-2H3. The van der Waals surface area contributed by atoms with Crippen LogP contribution in [0.25, 0.3) is 0 Å². The van der Waals surface area contributed by atoms with Gasteiger partial charge in [0.1, 0.15) is 0 Å². The van der Waals surface area contributed by atoms with Gasteiger partial charge in [-0.3, -0.25) is 4.79 Å². The van der Waals surface area contributed by atoms with Gasteiger partial charge >= 0.3 is 0 Å². The second-order valence-corrected chi connectivity index (χ2v) is 7.95. The quantitative estimate of drug-likeness (QED) is 0.707. The van der Waals surface area contributed by atoms with Crippen LogP contribution in [-0.4, -0.2) is 23.9 Å². The van der Waals surface area contributed by atoms with Crippen molar-refractivity contribution in [2.75, 3.05) is 13.1 Å². The monoisotopic (exact) mass is 379 g/mol. The van der Waals surface area contributed by atoms with E-state index in [0.29, 0.717) is 5.92 Å². The third-order valence-electron chi connectivity index (χ3n) is 3.48. The van der Waals surface area contributed by atoms with Gasteiger partial charge < -0.3 is 4.90 Å². The number of rotatable bonds is 1. The van der Waals surface area contributed by atoms with E-state index in [1.807, 2.05) is 11.0 Å². The third-order valence-corrected chi connectivity index (χ3v) is 6.72. The van der Waals surface area contributed by atoms with E-state index in [1.54, 1.807) is 0 Å². The van der Waals surface area contributed by atoms with Gasteiger partial charge in [0, 0.05) is 17.6 Å². The van der Waals surface area contributed by atoms with Gasteiger partial charge in [0.05, 0.1) is 8.66 Å². The lowest BCUT2D eigenvalue weighted by Crippen LogP contribution is -2.41. The molecule has 1 aromatic heterocycles. The fourth-order valence-electron chi connectivity index (χ4n) is 2.06. The van der Waals surface area contributed by atoms with Crippen LogP contribution in [0.1, 0.15) is 29.9 Å². The average Bonchev–Trinajstić information content (AvgIpc) is 2.62. The van der Waals surface area contributed by atoms with Gasteiger partial charge in [-0.05, 0) is 56.2 Å². The van der Waals surface area contributed by atoms with E-state index < -0.39 is 0 Å². The first kappa shape index (κ1) is 13.6. The Kier molecular flexibility index (Phi) is 4.31. The molecule has 0 aromatic carbocycles. The molecule has 2 unspecified atom stereocenters. The molecule has 0 saturated carbocycles. The zero-order valence-electron chi connectivity index (χ0n) is 9.87. The van der Waals surface area contributed by atoms with Crippen LogP contribution >= 0.6 is 43.2 Å². The van der Waals surface area contributed by atoms with Gasteiger partial charge in [-0.15, -0.1) is 11.3 Å². The molecule has 94 valence electrons. The predicted octanol–water partition coefficient (Wildman–Crippen LogP) is 4.39. The Balaban J connectivity index is 2.10. The molecular weight excluding hydrogens is 366 g/mol. The molecule has 0 radical (unpaired) electrons. The Bertz CT molecular complexity index is 413. The summed E-state index contributed by atoms with van der Waals surface area (Å²) in [7, 11) is 0. The first-order valence-electron chi connectivity index (χ1n) is 5.73. The van der Waals surface area contributed by atoms with Crippen molar-refractivity contribution in [1.82, 2.24) is 4.90 Å². The van der Waals surface area contributed by atoms with Crippen molar-refractivity contribution in [3.63, 3.8) is 0 Å². The molecule has 1 amide bonds. The average molecular weight is 381 g/mol. The molecule has 1 fully saturated rings. The SMILES string of the molecule is CC1CCN(C(=O)c2cc(Br)c(Br)s2)CC1C. The van der Waals surface area contributed by atoms with Gasteiger partial charge in [0.2, 0.25) is 0 Å². The molecule has 0 N–H and O–H groups in total. The summed E-state index contributed by atoms with van der Waals surface area (Å²) in [5, 5.41) is 0. The fraction of sp³-hybridized carbons (Fsp3) is 0.583. The van der Waals surface area contributed by atoms with Crippen LogP contribution in [0.3, 0.4) is 0 Å². The molecule has 0 spiro atoms. The summed E-state index contributed by atoms with van der Waals surface area (Å²) in [6.07, 6.45) is 1.11. The van der Waals surface area contributed by atoms with Crippen molar-refractivity contribution in [3.8, 4) is 0 Å². The highest BCUT2D eigenvalue weighted by molar-refractivity contribution is 9.13. The Morgan fingerprint density at radius 1 is 1.41 bits per heavy atom. The maximum atomic E-state index is 12.3. The van der Waals surface area contributed by atoms with E-state index >= 15 is 0 Å². The molecule has 2 heterocycles. The van der Waals surface area contributed by atoms with Crippen molar-refractivity contribution in [2.45, 2.75) is 20.3 Å². The van der Waals surface area contributed by atoms with E-state index in [-0.39, 0.29) is 5.91 Å². The third kappa shape index (κ3) is 2.93. The van der Waals surface area contributed by atoms with Gasteiger partial charge in [0.25, 0.3) is 5.91 Å². The van der Waals surface area contributed by atoms with E-state index in [9.17, 15) is 4.79 Å². The first-order valence-corrected chi connectivity index (χ1v) is 8.13. The number of nitrogens with zero attached hydrogens (tertiary/aromatic N) is 1. The van der Waals surface area contributed by atoms with Crippen LogP contribution in [0.2, 0.25) is 0 Å². The molecule has 1 aromatic rings. The minimum absolute atomic E-state index is 0.167. The zero-order valence-corrected chi connectivity index (χ0v) is 13.9. The molecule has 1 aliphatic heterocycles. The Hall–Kier alpha value is 0.130. The van der Waals surface area contributed by atoms with E-state index in [1.165, 1.54) is 11.3 Å². The summed E-state index contributed by atoms with van der Waals surface area (Å²) in [4.78, 5) is 15.1. The number of halogens is 2. The number of carbonyl (C=O) groups excluding carboxylic acids is 1. The van der Waals surface area contributed by atoms with Crippen LogP contribution in [0, 0.1) is 11.8 Å². The number of hydrogen-bond acceptors (Lipinski definition) is 2. The van der Waals surface area contributed by atoms with E-state index in [0.717, 1.165) is 38.6 Å². The molecule has 5 heteroatoms. The van der Waals surface area contributed by atoms with E-state index in [2.05, 4.69) is 45.7 Å². The minimum atomic E-state index is 0.167. The van der Waals surface area contributed by atoms with Crippen LogP contribution in [0.4, 0.5) is 0 Å². The number of piperidine rings is 1. The zero-order chi connectivity index (χ0) is 12.6. The molecule has 0 bridgehead atoms. The summed E-state index contributed by atoms with van der Waals surface area (Å²) < 4.78 is 1.95. The second-order valence-electron chi connectivity index (χ2n) is 4.73. The predicted molar refractivity (Wildman–Crippen MR) is 78.6 cm³/mol. The number of likely N-dealkylation sites (tertiary alicyclic amines) is 1. The molecule has 1 aliphatic rings. The summed E-state index contributed by atoms with van der Waals surface area (Å²) in [6.45, 7) is 6.26. The number of carbonyl (C=O) groups is 1. The van der Waals surface area contributed by atoms with Crippen LogP contribution < -0.4 is 0 Å². The first-order chi connectivity index (χ1) is 7.99. The van der Waals surface area contributed by atoms with Crippen molar-refractivity contribution in [1.29, 1.82) is 0 Å².